The van der Waals surface area contributed by atoms with Gasteiger partial charge in [0.15, 0.2) is 5.11 Å². The summed E-state index contributed by atoms with van der Waals surface area (Å²) in [6.45, 7) is 3.38. The van der Waals surface area contributed by atoms with Crippen molar-refractivity contribution in [2.75, 3.05) is 6.54 Å². The van der Waals surface area contributed by atoms with Crippen LogP contribution in [0.2, 0.25) is 5.02 Å². The van der Waals surface area contributed by atoms with E-state index >= 15 is 0 Å². The van der Waals surface area contributed by atoms with Gasteiger partial charge in [0.2, 0.25) is 11.8 Å². The van der Waals surface area contributed by atoms with Crippen LogP contribution in [0.4, 0.5) is 0 Å². The molecular formula is C15H17ClN4OS. The fourth-order valence-electron chi connectivity index (χ4n) is 2.18. The van der Waals surface area contributed by atoms with Crippen molar-refractivity contribution < 1.29 is 4.42 Å². The Kier molecular flexibility index (Phi) is 4.59. The van der Waals surface area contributed by atoms with E-state index in [-0.39, 0.29) is 0 Å². The largest absolute Gasteiger partial charge is 0.419 e. The Labute approximate surface area is 139 Å². The molecule has 2 aromatic rings. The van der Waals surface area contributed by atoms with Crippen molar-refractivity contribution >= 4 is 28.9 Å². The zero-order valence-corrected chi connectivity index (χ0v) is 13.8. The average Bonchev–Trinajstić information content (AvgIpc) is 3.24. The molecule has 1 N–H and O–H groups in total. The molecule has 0 saturated heterocycles. The Morgan fingerprint density at radius 3 is 2.73 bits per heavy atom. The van der Waals surface area contributed by atoms with Gasteiger partial charge >= 0.3 is 0 Å². The van der Waals surface area contributed by atoms with Crippen molar-refractivity contribution in [2.45, 2.75) is 32.4 Å². The molecule has 3 rings (SSSR count). The number of rotatable bonds is 5. The summed E-state index contributed by atoms with van der Waals surface area (Å²) in [5.41, 5.74) is 0.857. The quantitative estimate of drug-likeness (QED) is 0.846. The summed E-state index contributed by atoms with van der Waals surface area (Å²) >= 11 is 11.3. The fourth-order valence-corrected chi connectivity index (χ4v) is 2.66. The Morgan fingerprint density at radius 2 is 2.09 bits per heavy atom. The Morgan fingerprint density at radius 1 is 1.36 bits per heavy atom. The van der Waals surface area contributed by atoms with Gasteiger partial charge in [-0.3, -0.25) is 0 Å². The minimum atomic E-state index is 0.484. The van der Waals surface area contributed by atoms with Crippen LogP contribution in [0.5, 0.6) is 0 Å². The number of thiocarbonyl (C=S) groups is 1. The number of aromatic nitrogens is 2. The summed E-state index contributed by atoms with van der Waals surface area (Å²) in [5, 5.41) is 12.8. The molecule has 1 fully saturated rings. The van der Waals surface area contributed by atoms with Gasteiger partial charge in [-0.15, -0.1) is 10.2 Å². The second-order valence-electron chi connectivity index (χ2n) is 5.20. The van der Waals surface area contributed by atoms with Crippen molar-refractivity contribution in [1.29, 1.82) is 0 Å². The van der Waals surface area contributed by atoms with Crippen LogP contribution >= 0.6 is 23.8 Å². The molecule has 0 atom stereocenters. The van der Waals surface area contributed by atoms with Crippen LogP contribution in [0.15, 0.2) is 28.7 Å². The van der Waals surface area contributed by atoms with Crippen molar-refractivity contribution in [3.63, 3.8) is 0 Å². The molecule has 0 amide bonds. The maximum Gasteiger partial charge on any atom is 0.247 e. The molecule has 0 bridgehead atoms. The lowest BCUT2D eigenvalue weighted by atomic mass is 10.2. The second-order valence-corrected chi connectivity index (χ2v) is 6.03. The van der Waals surface area contributed by atoms with Crippen molar-refractivity contribution in [2.24, 2.45) is 0 Å². The van der Waals surface area contributed by atoms with Crippen LogP contribution in [-0.4, -0.2) is 32.8 Å². The van der Waals surface area contributed by atoms with Crippen LogP contribution < -0.4 is 5.32 Å². The topological polar surface area (TPSA) is 54.2 Å². The van der Waals surface area contributed by atoms with Crippen LogP contribution in [0.3, 0.4) is 0 Å². The monoisotopic (exact) mass is 336 g/mol. The summed E-state index contributed by atoms with van der Waals surface area (Å²) in [5.74, 6) is 1.06. The zero-order valence-electron chi connectivity index (χ0n) is 12.3. The molecule has 1 heterocycles. The predicted octanol–water partition coefficient (Wildman–Crippen LogP) is 3.25. The summed E-state index contributed by atoms with van der Waals surface area (Å²) in [6, 6.07) is 7.82. The van der Waals surface area contributed by atoms with Gasteiger partial charge in [0.05, 0.1) is 6.54 Å². The molecule has 116 valence electrons. The molecule has 22 heavy (non-hydrogen) atoms. The standard InChI is InChI=1S/C15H17ClN4OS/c1-2-17-15(22)20(12-7-8-12)9-13-18-19-14(21-13)10-3-5-11(16)6-4-10/h3-6,12H,2,7-9H2,1H3,(H,17,22). The highest BCUT2D eigenvalue weighted by Gasteiger charge is 2.31. The Bertz CT molecular complexity index is 654. The first-order chi connectivity index (χ1) is 10.7. The van der Waals surface area contributed by atoms with E-state index in [0.29, 0.717) is 29.4 Å². The number of hydrogen-bond acceptors (Lipinski definition) is 4. The Hall–Kier alpha value is -1.66. The van der Waals surface area contributed by atoms with E-state index in [1.807, 2.05) is 19.1 Å². The molecule has 0 aliphatic heterocycles. The Balaban J connectivity index is 1.72. The highest BCUT2D eigenvalue weighted by molar-refractivity contribution is 7.80. The molecule has 0 spiro atoms. The minimum absolute atomic E-state index is 0.484. The number of halogens is 1. The maximum absolute atomic E-state index is 5.88. The number of nitrogens with one attached hydrogen (secondary N) is 1. The van der Waals surface area contributed by atoms with E-state index < -0.39 is 0 Å². The average molecular weight is 337 g/mol. The van der Waals surface area contributed by atoms with Gasteiger partial charge in [0, 0.05) is 23.2 Å². The summed E-state index contributed by atoms with van der Waals surface area (Å²) < 4.78 is 5.75. The number of hydrogen-bond donors (Lipinski definition) is 1. The molecule has 7 heteroatoms. The van der Waals surface area contributed by atoms with Gasteiger partial charge in [0.25, 0.3) is 0 Å². The van der Waals surface area contributed by atoms with E-state index in [2.05, 4.69) is 20.4 Å². The van der Waals surface area contributed by atoms with Crippen LogP contribution in [0.1, 0.15) is 25.7 Å². The third-order valence-corrected chi connectivity index (χ3v) is 4.07. The fraction of sp³-hybridized carbons (Fsp3) is 0.400. The van der Waals surface area contributed by atoms with Gasteiger partial charge in [-0.25, -0.2) is 0 Å². The van der Waals surface area contributed by atoms with Crippen molar-refractivity contribution in [3.05, 3.63) is 35.2 Å². The van der Waals surface area contributed by atoms with E-state index in [9.17, 15) is 0 Å². The highest BCUT2D eigenvalue weighted by atomic mass is 35.5. The minimum Gasteiger partial charge on any atom is -0.419 e. The van der Waals surface area contributed by atoms with Crippen LogP contribution in [-0.2, 0) is 6.54 Å². The first kappa shape index (κ1) is 15.2. The van der Waals surface area contributed by atoms with Crippen LogP contribution in [0.25, 0.3) is 11.5 Å². The highest BCUT2D eigenvalue weighted by Crippen LogP contribution is 2.29. The van der Waals surface area contributed by atoms with Gasteiger partial charge in [-0.05, 0) is 56.2 Å². The number of benzene rings is 1. The van der Waals surface area contributed by atoms with Crippen molar-refractivity contribution in [1.82, 2.24) is 20.4 Å². The third kappa shape index (κ3) is 3.56. The summed E-state index contributed by atoms with van der Waals surface area (Å²) in [6.07, 6.45) is 2.31. The molecule has 1 aromatic carbocycles. The van der Waals surface area contributed by atoms with Gasteiger partial charge in [-0.1, -0.05) is 11.6 Å². The summed E-state index contributed by atoms with van der Waals surface area (Å²) in [4.78, 5) is 2.12. The molecule has 1 saturated carbocycles. The van der Waals surface area contributed by atoms with Gasteiger partial charge in [-0.2, -0.15) is 0 Å². The van der Waals surface area contributed by atoms with E-state index in [1.165, 1.54) is 0 Å². The molecule has 0 radical (unpaired) electrons. The van der Waals surface area contributed by atoms with Crippen LogP contribution in [0, 0.1) is 0 Å². The zero-order chi connectivity index (χ0) is 15.5. The maximum atomic E-state index is 5.88. The van der Waals surface area contributed by atoms with Gasteiger partial charge < -0.3 is 14.6 Å². The summed E-state index contributed by atoms with van der Waals surface area (Å²) in [7, 11) is 0. The predicted molar refractivity (Wildman–Crippen MR) is 89.6 cm³/mol. The van der Waals surface area contributed by atoms with Crippen molar-refractivity contribution in [3.8, 4) is 11.5 Å². The lowest BCUT2D eigenvalue weighted by molar-refractivity contribution is 0.343. The molecule has 1 aromatic heterocycles. The second kappa shape index (κ2) is 6.62. The first-order valence-corrected chi connectivity index (χ1v) is 8.08. The normalized spacial score (nSPS) is 13.9. The molecular weight excluding hydrogens is 320 g/mol. The van der Waals surface area contributed by atoms with E-state index in [4.69, 9.17) is 28.2 Å². The van der Waals surface area contributed by atoms with E-state index in [1.54, 1.807) is 12.1 Å². The van der Waals surface area contributed by atoms with E-state index in [0.717, 1.165) is 30.1 Å². The lowest BCUT2D eigenvalue weighted by Crippen LogP contribution is -2.40. The van der Waals surface area contributed by atoms with Gasteiger partial charge in [0.1, 0.15) is 0 Å². The third-order valence-electron chi connectivity index (χ3n) is 3.44. The molecule has 0 unspecified atom stereocenters. The smallest absolute Gasteiger partial charge is 0.247 e. The lowest BCUT2D eigenvalue weighted by Gasteiger charge is -2.23. The number of nitrogens with zero attached hydrogens (tertiary/aromatic N) is 3. The molecule has 5 nitrogen and oxygen atoms in total. The molecule has 1 aliphatic rings. The SMILES string of the molecule is CCNC(=S)N(Cc1nnc(-c2ccc(Cl)cc2)o1)C1CC1. The first-order valence-electron chi connectivity index (χ1n) is 7.30. The molecule has 1 aliphatic carbocycles.